The average Bonchev–Trinajstić information content (AvgIpc) is 3.49. The first-order valence-electron chi connectivity index (χ1n) is 12.3. The van der Waals surface area contributed by atoms with Crippen molar-refractivity contribution < 1.29 is 4.74 Å². The number of aryl methyl sites for hydroxylation is 2. The summed E-state index contributed by atoms with van der Waals surface area (Å²) < 4.78 is 6.60. The van der Waals surface area contributed by atoms with Crippen molar-refractivity contribution >= 4 is 0 Å². The summed E-state index contributed by atoms with van der Waals surface area (Å²) in [5.74, 6) is 1.89. The summed E-state index contributed by atoms with van der Waals surface area (Å²) in [4.78, 5) is 31.9. The van der Waals surface area contributed by atoms with Crippen LogP contribution in [0.3, 0.4) is 0 Å². The van der Waals surface area contributed by atoms with E-state index in [1.807, 2.05) is 36.4 Å². The molecule has 11 heteroatoms. The molecule has 1 N–H and O–H groups in total. The highest BCUT2D eigenvalue weighted by molar-refractivity contribution is 5.79. The number of unbranched alkanes of at least 4 members (excludes halogenated alkanes) is 1. The van der Waals surface area contributed by atoms with Gasteiger partial charge in [0.05, 0.1) is 25.2 Å². The van der Waals surface area contributed by atoms with Crippen LogP contribution in [0, 0.1) is 6.92 Å². The summed E-state index contributed by atoms with van der Waals surface area (Å²) >= 11 is 0. The maximum atomic E-state index is 13.8. The predicted molar refractivity (Wildman–Crippen MR) is 141 cm³/mol. The first-order valence-corrected chi connectivity index (χ1v) is 12.3. The first kappa shape index (κ1) is 24.9. The molecule has 0 atom stereocenters. The summed E-state index contributed by atoms with van der Waals surface area (Å²) in [5, 5.41) is 14.2. The van der Waals surface area contributed by atoms with Crippen molar-refractivity contribution in [1.29, 1.82) is 0 Å². The van der Waals surface area contributed by atoms with Crippen molar-refractivity contribution in [3.05, 3.63) is 88.1 Å². The fourth-order valence-electron chi connectivity index (χ4n) is 4.30. The van der Waals surface area contributed by atoms with E-state index in [0.717, 1.165) is 40.9 Å². The molecule has 0 aliphatic heterocycles. The molecular weight excluding hydrogens is 482 g/mol. The minimum absolute atomic E-state index is 0.192. The molecule has 0 saturated carbocycles. The lowest BCUT2D eigenvalue weighted by Gasteiger charge is -2.14. The number of rotatable bonds is 9. The molecule has 0 fully saturated rings. The molecule has 4 aromatic heterocycles. The molecule has 0 aliphatic rings. The van der Waals surface area contributed by atoms with Gasteiger partial charge in [0.1, 0.15) is 5.82 Å². The zero-order valence-electron chi connectivity index (χ0n) is 21.4. The van der Waals surface area contributed by atoms with Gasteiger partial charge in [-0.15, -0.1) is 5.10 Å². The topological polar surface area (TPSA) is 137 Å². The van der Waals surface area contributed by atoms with Gasteiger partial charge in [0, 0.05) is 35.0 Å². The molecule has 0 spiro atoms. The Bertz CT molecular complexity index is 1580. The molecule has 0 amide bonds. The molecule has 5 rings (SSSR count). The van der Waals surface area contributed by atoms with E-state index in [4.69, 9.17) is 14.7 Å². The molecule has 38 heavy (non-hydrogen) atoms. The zero-order valence-corrected chi connectivity index (χ0v) is 21.4. The third-order valence-corrected chi connectivity index (χ3v) is 6.27. The highest BCUT2D eigenvalue weighted by Gasteiger charge is 2.18. The van der Waals surface area contributed by atoms with Crippen molar-refractivity contribution in [1.82, 2.24) is 45.1 Å². The van der Waals surface area contributed by atoms with Crippen LogP contribution in [0.15, 0.2) is 59.8 Å². The third-order valence-electron chi connectivity index (χ3n) is 6.27. The summed E-state index contributed by atoms with van der Waals surface area (Å²) in [6.45, 7) is 3.91. The standard InChI is InChI=1S/C27H27N9O2/c1-4-5-10-24-23(26(37)36(17(2)31-24)27-29-15-20(38-3)16-30-27)13-19-12-11-18(14-28-19)21-8-6-7-9-22(21)25-32-34-35-33-25/h6-9,11-12,14-16H,4-5,10,13H2,1-3H3,(H,32,33,34,35). The number of aromatic nitrogens is 9. The molecule has 0 unspecified atom stereocenters. The van der Waals surface area contributed by atoms with Gasteiger partial charge in [0.25, 0.3) is 5.56 Å². The van der Waals surface area contributed by atoms with Crippen molar-refractivity contribution in [2.24, 2.45) is 0 Å². The van der Waals surface area contributed by atoms with Gasteiger partial charge in [-0.1, -0.05) is 43.7 Å². The summed E-state index contributed by atoms with van der Waals surface area (Å²) in [5.41, 5.74) is 4.69. The van der Waals surface area contributed by atoms with E-state index in [1.165, 1.54) is 17.0 Å². The molecule has 1 aromatic carbocycles. The third kappa shape index (κ3) is 5.03. The van der Waals surface area contributed by atoms with Crippen molar-refractivity contribution in [2.45, 2.75) is 39.5 Å². The molecule has 11 nitrogen and oxygen atoms in total. The number of aromatic amines is 1. The number of nitrogens with one attached hydrogen (secondary N) is 1. The van der Waals surface area contributed by atoms with Crippen LogP contribution in [0.2, 0.25) is 0 Å². The Hall–Kier alpha value is -4.80. The number of pyridine rings is 1. The minimum Gasteiger partial charge on any atom is -0.494 e. The van der Waals surface area contributed by atoms with Crippen molar-refractivity contribution in [3.8, 4) is 34.2 Å². The number of hydrogen-bond donors (Lipinski definition) is 1. The largest absolute Gasteiger partial charge is 0.494 e. The number of tetrazole rings is 1. The van der Waals surface area contributed by atoms with Crippen LogP contribution in [-0.2, 0) is 12.8 Å². The second kappa shape index (κ2) is 11.1. The number of benzene rings is 1. The molecule has 0 aliphatic carbocycles. The summed E-state index contributed by atoms with van der Waals surface area (Å²) in [6, 6.07) is 11.8. The van der Waals surface area contributed by atoms with Crippen molar-refractivity contribution in [3.63, 3.8) is 0 Å². The van der Waals surface area contributed by atoms with Crippen LogP contribution < -0.4 is 10.3 Å². The van der Waals surface area contributed by atoms with Crippen LogP contribution in [-0.4, -0.2) is 52.2 Å². The number of hydrogen-bond acceptors (Lipinski definition) is 9. The molecule has 5 aromatic rings. The van der Waals surface area contributed by atoms with E-state index in [2.05, 4.69) is 37.5 Å². The SMILES string of the molecule is CCCCc1nc(C)n(-c2ncc(OC)cn2)c(=O)c1Cc1ccc(-c2ccccc2-c2nnn[nH]2)cn1. The maximum Gasteiger partial charge on any atom is 0.264 e. The van der Waals surface area contributed by atoms with Crippen LogP contribution in [0.4, 0.5) is 0 Å². The Morgan fingerprint density at radius 1 is 1.00 bits per heavy atom. The Morgan fingerprint density at radius 2 is 1.79 bits per heavy atom. The number of methoxy groups -OCH3 is 1. The van der Waals surface area contributed by atoms with Gasteiger partial charge < -0.3 is 4.74 Å². The monoisotopic (exact) mass is 509 g/mol. The number of H-pyrrole nitrogens is 1. The van der Waals surface area contributed by atoms with Gasteiger partial charge in [0.15, 0.2) is 11.6 Å². The van der Waals surface area contributed by atoms with E-state index in [9.17, 15) is 4.79 Å². The van der Waals surface area contributed by atoms with E-state index in [0.29, 0.717) is 35.8 Å². The van der Waals surface area contributed by atoms with Gasteiger partial charge in [-0.05, 0) is 41.8 Å². The second-order valence-electron chi connectivity index (χ2n) is 8.76. The zero-order chi connectivity index (χ0) is 26.5. The Labute approximate surface area is 219 Å². The van der Waals surface area contributed by atoms with E-state index < -0.39 is 0 Å². The number of nitrogens with zero attached hydrogens (tertiary/aromatic N) is 8. The van der Waals surface area contributed by atoms with Crippen LogP contribution >= 0.6 is 0 Å². The second-order valence-corrected chi connectivity index (χ2v) is 8.76. The molecule has 0 saturated heterocycles. The Balaban J connectivity index is 1.51. The Morgan fingerprint density at radius 3 is 2.45 bits per heavy atom. The lowest BCUT2D eigenvalue weighted by molar-refractivity contribution is 0.410. The van der Waals surface area contributed by atoms with Crippen LogP contribution in [0.1, 0.15) is 42.5 Å². The van der Waals surface area contributed by atoms with Crippen LogP contribution in [0.5, 0.6) is 5.75 Å². The minimum atomic E-state index is -0.192. The average molecular weight is 510 g/mol. The van der Waals surface area contributed by atoms with Crippen LogP contribution in [0.25, 0.3) is 28.5 Å². The van der Waals surface area contributed by atoms with E-state index >= 15 is 0 Å². The molecule has 4 heterocycles. The van der Waals surface area contributed by atoms with Gasteiger partial charge in [-0.25, -0.2) is 24.6 Å². The van der Waals surface area contributed by atoms with Gasteiger partial charge in [-0.3, -0.25) is 9.78 Å². The summed E-state index contributed by atoms with van der Waals surface area (Å²) in [7, 11) is 1.54. The molecule has 192 valence electrons. The molecule has 0 bridgehead atoms. The van der Waals surface area contributed by atoms with Gasteiger partial charge in [-0.2, -0.15) is 0 Å². The normalized spacial score (nSPS) is 11.0. The van der Waals surface area contributed by atoms with Crippen molar-refractivity contribution in [2.75, 3.05) is 7.11 Å². The highest BCUT2D eigenvalue weighted by atomic mass is 16.5. The smallest absolute Gasteiger partial charge is 0.264 e. The molecular formula is C27H27N9O2. The van der Waals surface area contributed by atoms with E-state index in [-0.39, 0.29) is 11.5 Å². The summed E-state index contributed by atoms with van der Waals surface area (Å²) in [6.07, 6.45) is 7.85. The van der Waals surface area contributed by atoms with E-state index in [1.54, 1.807) is 20.2 Å². The van der Waals surface area contributed by atoms with Gasteiger partial charge >= 0.3 is 0 Å². The maximum absolute atomic E-state index is 13.8. The quantitative estimate of drug-likeness (QED) is 0.316. The predicted octanol–water partition coefficient (Wildman–Crippen LogP) is 3.52. The highest BCUT2D eigenvalue weighted by Crippen LogP contribution is 2.29. The fourth-order valence-corrected chi connectivity index (χ4v) is 4.30. The Kier molecular flexibility index (Phi) is 7.25. The molecule has 0 radical (unpaired) electrons. The first-order chi connectivity index (χ1) is 18.6. The lowest BCUT2D eigenvalue weighted by atomic mass is 9.99. The fraction of sp³-hybridized carbons (Fsp3) is 0.259. The van der Waals surface area contributed by atoms with Gasteiger partial charge in [0.2, 0.25) is 5.95 Å². The lowest BCUT2D eigenvalue weighted by Crippen LogP contribution is -2.29. The number of ether oxygens (including phenoxy) is 1.